The van der Waals surface area contributed by atoms with Crippen LogP contribution in [0.25, 0.3) is 0 Å². The summed E-state index contributed by atoms with van der Waals surface area (Å²) in [6, 6.07) is 14.2. The lowest BCUT2D eigenvalue weighted by Crippen LogP contribution is -2.34. The zero-order chi connectivity index (χ0) is 17.6. The summed E-state index contributed by atoms with van der Waals surface area (Å²) in [5.74, 6) is 1.16. The van der Waals surface area contributed by atoms with E-state index in [9.17, 15) is 9.18 Å². The van der Waals surface area contributed by atoms with E-state index in [1.807, 2.05) is 34.9 Å². The minimum Gasteiger partial charge on any atom is -0.341 e. The van der Waals surface area contributed by atoms with E-state index in [0.717, 1.165) is 40.7 Å². The Bertz CT molecular complexity index is 726. The number of halogens is 2. The molecule has 1 aliphatic rings. The van der Waals surface area contributed by atoms with E-state index in [1.165, 1.54) is 23.9 Å². The summed E-state index contributed by atoms with van der Waals surface area (Å²) in [5, 5.41) is 1.13. The fourth-order valence-electron chi connectivity index (χ4n) is 2.77. The van der Waals surface area contributed by atoms with E-state index in [2.05, 4.69) is 6.07 Å². The molecule has 1 atom stereocenters. The van der Waals surface area contributed by atoms with Gasteiger partial charge in [0.15, 0.2) is 0 Å². The Morgan fingerprint density at radius 2 is 1.96 bits per heavy atom. The van der Waals surface area contributed by atoms with Gasteiger partial charge in [0.2, 0.25) is 5.91 Å². The quantitative estimate of drug-likeness (QED) is 0.657. The first kappa shape index (κ1) is 18.6. The van der Waals surface area contributed by atoms with Crippen molar-refractivity contribution in [3.63, 3.8) is 0 Å². The molecule has 2 nitrogen and oxygen atoms in total. The second-order valence-electron chi connectivity index (χ2n) is 5.79. The number of hydrogen-bond acceptors (Lipinski definition) is 3. The average molecular weight is 396 g/mol. The van der Waals surface area contributed by atoms with Crippen molar-refractivity contribution in [3.05, 3.63) is 64.9 Å². The number of carbonyl (C=O) groups excluding carboxylic acids is 1. The normalized spacial score (nSPS) is 18.0. The molecule has 0 N–H and O–H groups in total. The van der Waals surface area contributed by atoms with Crippen molar-refractivity contribution in [2.45, 2.75) is 16.6 Å². The smallest absolute Gasteiger partial charge is 0.232 e. The van der Waals surface area contributed by atoms with Crippen LogP contribution >= 0.6 is 35.1 Å². The molecule has 0 saturated carbocycles. The van der Waals surface area contributed by atoms with Gasteiger partial charge in [0, 0.05) is 34.0 Å². The first-order chi connectivity index (χ1) is 12.1. The third-order valence-electron chi connectivity index (χ3n) is 4.12. The van der Waals surface area contributed by atoms with Crippen molar-refractivity contribution >= 4 is 41.0 Å². The van der Waals surface area contributed by atoms with Gasteiger partial charge in [0.25, 0.3) is 0 Å². The molecule has 1 amide bonds. The minimum atomic E-state index is -0.258. The highest BCUT2D eigenvalue weighted by molar-refractivity contribution is 8.00. The zero-order valence-electron chi connectivity index (χ0n) is 13.7. The second-order valence-corrected chi connectivity index (χ2v) is 8.56. The van der Waals surface area contributed by atoms with Gasteiger partial charge in [-0.3, -0.25) is 4.79 Å². The van der Waals surface area contributed by atoms with Crippen LogP contribution in [0.1, 0.15) is 17.2 Å². The molecular weight excluding hydrogens is 377 g/mol. The highest BCUT2D eigenvalue weighted by Gasteiger charge is 2.23. The first-order valence-electron chi connectivity index (χ1n) is 8.15. The summed E-state index contributed by atoms with van der Waals surface area (Å²) in [4.78, 5) is 15.3. The van der Waals surface area contributed by atoms with Gasteiger partial charge in [0.05, 0.1) is 5.75 Å². The summed E-state index contributed by atoms with van der Waals surface area (Å²) in [5.41, 5.74) is 1.16. The molecule has 2 aromatic carbocycles. The summed E-state index contributed by atoms with van der Waals surface area (Å²) in [7, 11) is 0. The third-order valence-corrected chi connectivity index (χ3v) is 6.77. The molecule has 1 heterocycles. The van der Waals surface area contributed by atoms with Crippen molar-refractivity contribution in [1.82, 2.24) is 4.90 Å². The van der Waals surface area contributed by atoms with Crippen molar-refractivity contribution < 1.29 is 9.18 Å². The Morgan fingerprint density at radius 3 is 2.72 bits per heavy atom. The van der Waals surface area contributed by atoms with Gasteiger partial charge in [-0.25, -0.2) is 4.39 Å². The summed E-state index contributed by atoms with van der Waals surface area (Å²) >= 11 is 9.63. The molecule has 6 heteroatoms. The average Bonchev–Trinajstić information content (AvgIpc) is 2.87. The predicted octanol–water partition coefficient (Wildman–Crippen LogP) is 5.28. The SMILES string of the molecule is O=C(CSc1ccc(F)cc1)N1CCS[C@H](c2ccccc2Cl)CC1. The molecule has 0 unspecified atom stereocenters. The van der Waals surface area contributed by atoms with Gasteiger partial charge in [-0.2, -0.15) is 11.8 Å². The number of amides is 1. The molecule has 132 valence electrons. The van der Waals surface area contributed by atoms with Crippen molar-refractivity contribution in [3.8, 4) is 0 Å². The van der Waals surface area contributed by atoms with Crippen LogP contribution in [0.5, 0.6) is 0 Å². The van der Waals surface area contributed by atoms with Crippen LogP contribution in [0.15, 0.2) is 53.4 Å². The van der Waals surface area contributed by atoms with Crippen molar-refractivity contribution in [1.29, 1.82) is 0 Å². The van der Waals surface area contributed by atoms with E-state index >= 15 is 0 Å². The number of rotatable bonds is 4. The van der Waals surface area contributed by atoms with Crippen molar-refractivity contribution in [2.24, 2.45) is 0 Å². The number of nitrogens with zero attached hydrogens (tertiary/aromatic N) is 1. The van der Waals surface area contributed by atoms with Crippen LogP contribution in [-0.4, -0.2) is 35.4 Å². The Morgan fingerprint density at radius 1 is 1.20 bits per heavy atom. The van der Waals surface area contributed by atoms with Crippen LogP contribution in [0, 0.1) is 5.82 Å². The van der Waals surface area contributed by atoms with Crippen LogP contribution < -0.4 is 0 Å². The summed E-state index contributed by atoms with van der Waals surface area (Å²) < 4.78 is 12.9. The number of hydrogen-bond donors (Lipinski definition) is 0. The molecule has 0 aliphatic carbocycles. The van der Waals surface area contributed by atoms with E-state index in [4.69, 9.17) is 11.6 Å². The molecule has 0 aromatic heterocycles. The third kappa shape index (κ3) is 5.16. The number of carbonyl (C=O) groups is 1. The topological polar surface area (TPSA) is 20.3 Å². The van der Waals surface area contributed by atoms with Gasteiger partial charge >= 0.3 is 0 Å². The highest BCUT2D eigenvalue weighted by Crippen LogP contribution is 2.37. The molecule has 1 aliphatic heterocycles. The van der Waals surface area contributed by atoms with Crippen LogP contribution in [0.3, 0.4) is 0 Å². The first-order valence-corrected chi connectivity index (χ1v) is 10.6. The zero-order valence-corrected chi connectivity index (χ0v) is 16.0. The Labute approximate surface area is 161 Å². The maximum Gasteiger partial charge on any atom is 0.232 e. The summed E-state index contributed by atoms with van der Waals surface area (Å²) in [6.45, 7) is 1.50. The fourth-order valence-corrected chi connectivity index (χ4v) is 5.17. The largest absolute Gasteiger partial charge is 0.341 e. The lowest BCUT2D eigenvalue weighted by molar-refractivity contribution is -0.128. The molecule has 25 heavy (non-hydrogen) atoms. The molecule has 0 bridgehead atoms. The Balaban J connectivity index is 1.54. The van der Waals surface area contributed by atoms with Gasteiger partial charge in [-0.15, -0.1) is 11.8 Å². The second kappa shape index (κ2) is 8.97. The van der Waals surface area contributed by atoms with Gasteiger partial charge in [-0.1, -0.05) is 29.8 Å². The van der Waals surface area contributed by atoms with Crippen molar-refractivity contribution in [2.75, 3.05) is 24.6 Å². The van der Waals surface area contributed by atoms with Crippen LogP contribution in [0.2, 0.25) is 5.02 Å². The lowest BCUT2D eigenvalue weighted by Gasteiger charge is -2.20. The number of thioether (sulfide) groups is 2. The Hall–Kier alpha value is -1.17. The van der Waals surface area contributed by atoms with Gasteiger partial charge in [0.1, 0.15) is 5.82 Å². The van der Waals surface area contributed by atoms with Gasteiger partial charge in [-0.05, 0) is 42.3 Å². The van der Waals surface area contributed by atoms with Crippen LogP contribution in [-0.2, 0) is 4.79 Å². The van der Waals surface area contributed by atoms with E-state index in [1.54, 1.807) is 12.1 Å². The summed E-state index contributed by atoms with van der Waals surface area (Å²) in [6.07, 6.45) is 0.904. The molecule has 2 aromatic rings. The molecule has 0 spiro atoms. The minimum absolute atomic E-state index is 0.134. The molecule has 1 saturated heterocycles. The van der Waals surface area contributed by atoms with E-state index < -0.39 is 0 Å². The fraction of sp³-hybridized carbons (Fsp3) is 0.316. The van der Waals surface area contributed by atoms with E-state index in [0.29, 0.717) is 11.0 Å². The molecular formula is C19H19ClFNOS2. The standard InChI is InChI=1S/C19H19ClFNOS2/c20-17-4-2-1-3-16(17)18-9-10-22(11-12-24-18)19(23)13-25-15-7-5-14(21)6-8-15/h1-8,18H,9-13H2/t18-/m0/s1. The van der Waals surface area contributed by atoms with E-state index in [-0.39, 0.29) is 11.7 Å². The number of benzene rings is 2. The van der Waals surface area contributed by atoms with Gasteiger partial charge < -0.3 is 4.90 Å². The molecule has 1 fully saturated rings. The highest BCUT2D eigenvalue weighted by atomic mass is 35.5. The predicted molar refractivity (Wildman–Crippen MR) is 105 cm³/mol. The maximum atomic E-state index is 12.9. The monoisotopic (exact) mass is 395 g/mol. The molecule has 3 rings (SSSR count). The lowest BCUT2D eigenvalue weighted by atomic mass is 10.1. The molecule has 0 radical (unpaired) electrons. The Kier molecular flexibility index (Phi) is 6.68. The van der Waals surface area contributed by atoms with Crippen LogP contribution in [0.4, 0.5) is 4.39 Å². The maximum absolute atomic E-state index is 12.9.